The maximum atomic E-state index is 11.2. The number of benzene rings is 1. The number of carbonyl (C=O) groups excluding carboxylic acids is 1. The molecule has 0 radical (unpaired) electrons. The summed E-state index contributed by atoms with van der Waals surface area (Å²) < 4.78 is 1.79. The topological polar surface area (TPSA) is 50.2 Å². The summed E-state index contributed by atoms with van der Waals surface area (Å²) in [6.45, 7) is 2.57. The molecule has 1 aliphatic rings. The summed E-state index contributed by atoms with van der Waals surface area (Å²) in [5.41, 5.74) is 3.99. The third-order valence-corrected chi connectivity index (χ3v) is 3.20. The van der Waals surface area contributed by atoms with E-state index >= 15 is 0 Å². The summed E-state index contributed by atoms with van der Waals surface area (Å²) in [7, 11) is 1.89. The molecule has 0 saturated heterocycles. The number of hydrogen-bond donors (Lipinski definition) is 1. The van der Waals surface area contributed by atoms with Gasteiger partial charge in [-0.05, 0) is 24.6 Å². The molecular weight excluding hydrogens is 228 g/mol. The number of nitrogens with zero attached hydrogens (tertiary/aromatic N) is 3. The second-order valence-electron chi connectivity index (χ2n) is 4.52. The van der Waals surface area contributed by atoms with Crippen molar-refractivity contribution in [3.63, 3.8) is 0 Å². The van der Waals surface area contributed by atoms with E-state index in [1.807, 2.05) is 32.2 Å². The van der Waals surface area contributed by atoms with E-state index in [-0.39, 0.29) is 0 Å². The predicted molar refractivity (Wildman–Crippen MR) is 69.9 cm³/mol. The molecule has 1 aliphatic heterocycles. The number of hydrogen-bond acceptors (Lipinski definition) is 3. The number of anilines is 3. The molecule has 1 aromatic heterocycles. The van der Waals surface area contributed by atoms with Crippen molar-refractivity contribution in [3.8, 4) is 0 Å². The standard InChI is InChI=1S/C13H14N4O/c1-9-3-4-12-11(5-9)15-13-10(6-14-16(13)2)7-17(12)8-18/h3-6,8,15H,7H2,1-2H3. The largest absolute Gasteiger partial charge is 0.338 e. The molecule has 5 nitrogen and oxygen atoms in total. The van der Waals surface area contributed by atoms with Gasteiger partial charge in [-0.1, -0.05) is 6.07 Å². The van der Waals surface area contributed by atoms with Crippen molar-refractivity contribution in [1.82, 2.24) is 9.78 Å². The lowest BCUT2D eigenvalue weighted by Gasteiger charge is -2.17. The number of amides is 1. The van der Waals surface area contributed by atoms with E-state index in [9.17, 15) is 4.79 Å². The molecule has 1 aromatic carbocycles. The lowest BCUT2D eigenvalue weighted by molar-refractivity contribution is -0.107. The first-order valence-corrected chi connectivity index (χ1v) is 5.79. The molecule has 0 saturated carbocycles. The minimum Gasteiger partial charge on any atom is -0.338 e. The van der Waals surface area contributed by atoms with Crippen LogP contribution < -0.4 is 10.2 Å². The molecule has 1 amide bonds. The average Bonchev–Trinajstić information content (AvgIpc) is 2.61. The van der Waals surface area contributed by atoms with E-state index in [2.05, 4.69) is 10.4 Å². The van der Waals surface area contributed by atoms with Crippen LogP contribution in [-0.2, 0) is 18.4 Å². The zero-order valence-electron chi connectivity index (χ0n) is 10.3. The Kier molecular flexibility index (Phi) is 2.33. The lowest BCUT2D eigenvalue weighted by Crippen LogP contribution is -2.19. The quantitative estimate of drug-likeness (QED) is 0.777. The van der Waals surface area contributed by atoms with Crippen LogP contribution in [0.25, 0.3) is 0 Å². The van der Waals surface area contributed by atoms with Gasteiger partial charge in [-0.25, -0.2) is 0 Å². The second-order valence-corrected chi connectivity index (χ2v) is 4.52. The number of carbonyl (C=O) groups is 1. The number of nitrogens with one attached hydrogen (secondary N) is 1. The van der Waals surface area contributed by atoms with Gasteiger partial charge in [0.25, 0.3) is 0 Å². The molecule has 2 aromatic rings. The first-order chi connectivity index (χ1) is 8.69. The Morgan fingerprint density at radius 2 is 2.28 bits per heavy atom. The third-order valence-electron chi connectivity index (χ3n) is 3.20. The molecule has 2 heterocycles. The molecule has 0 fully saturated rings. The average molecular weight is 242 g/mol. The first kappa shape index (κ1) is 10.8. The van der Waals surface area contributed by atoms with Crippen molar-refractivity contribution in [1.29, 1.82) is 0 Å². The minimum atomic E-state index is 0.537. The monoisotopic (exact) mass is 242 g/mol. The van der Waals surface area contributed by atoms with E-state index in [0.29, 0.717) is 6.54 Å². The Balaban J connectivity index is 2.19. The molecule has 0 atom stereocenters. The highest BCUT2D eigenvalue weighted by Crippen LogP contribution is 2.35. The molecule has 92 valence electrons. The van der Waals surface area contributed by atoms with Gasteiger partial charge in [-0.15, -0.1) is 0 Å². The maximum Gasteiger partial charge on any atom is 0.214 e. The smallest absolute Gasteiger partial charge is 0.214 e. The highest BCUT2D eigenvalue weighted by Gasteiger charge is 2.21. The number of aryl methyl sites for hydroxylation is 2. The van der Waals surface area contributed by atoms with Crippen molar-refractivity contribution >= 4 is 23.6 Å². The van der Waals surface area contributed by atoms with Crippen LogP contribution in [0.15, 0.2) is 24.4 Å². The Morgan fingerprint density at radius 1 is 1.44 bits per heavy atom. The molecule has 0 unspecified atom stereocenters. The van der Waals surface area contributed by atoms with Gasteiger partial charge >= 0.3 is 0 Å². The van der Waals surface area contributed by atoms with Crippen LogP contribution in [-0.4, -0.2) is 16.2 Å². The van der Waals surface area contributed by atoms with Crippen LogP contribution in [0.5, 0.6) is 0 Å². The van der Waals surface area contributed by atoms with E-state index in [1.54, 1.807) is 15.8 Å². The Hall–Kier alpha value is -2.30. The van der Waals surface area contributed by atoms with Crippen molar-refractivity contribution in [3.05, 3.63) is 35.5 Å². The van der Waals surface area contributed by atoms with Crippen molar-refractivity contribution < 1.29 is 4.79 Å². The van der Waals surface area contributed by atoms with Gasteiger partial charge in [0.05, 0.1) is 24.1 Å². The van der Waals surface area contributed by atoms with Crippen LogP contribution >= 0.6 is 0 Å². The molecule has 0 bridgehead atoms. The van der Waals surface area contributed by atoms with Gasteiger partial charge in [-0.2, -0.15) is 5.10 Å². The van der Waals surface area contributed by atoms with Gasteiger partial charge in [0.15, 0.2) is 0 Å². The normalized spacial score (nSPS) is 13.3. The Morgan fingerprint density at radius 3 is 3.06 bits per heavy atom. The predicted octanol–water partition coefficient (Wildman–Crippen LogP) is 1.95. The lowest BCUT2D eigenvalue weighted by atomic mass is 10.2. The van der Waals surface area contributed by atoms with Crippen molar-refractivity contribution in [2.24, 2.45) is 7.05 Å². The SMILES string of the molecule is Cc1ccc2c(c1)Nc1c(cnn1C)CN2C=O. The van der Waals surface area contributed by atoms with Gasteiger partial charge in [-0.3, -0.25) is 9.48 Å². The molecule has 3 rings (SSSR count). The summed E-state index contributed by atoms with van der Waals surface area (Å²) in [5.74, 6) is 0.936. The number of aromatic nitrogens is 2. The minimum absolute atomic E-state index is 0.537. The number of rotatable bonds is 1. The van der Waals surface area contributed by atoms with Crippen LogP contribution in [0.3, 0.4) is 0 Å². The maximum absolute atomic E-state index is 11.2. The molecule has 0 aliphatic carbocycles. The van der Waals surface area contributed by atoms with Gasteiger partial charge in [0.1, 0.15) is 5.82 Å². The van der Waals surface area contributed by atoms with Crippen molar-refractivity contribution in [2.45, 2.75) is 13.5 Å². The number of fused-ring (bicyclic) bond motifs is 2. The second kappa shape index (κ2) is 3.87. The van der Waals surface area contributed by atoms with Crippen molar-refractivity contribution in [2.75, 3.05) is 10.2 Å². The summed E-state index contributed by atoms with van der Waals surface area (Å²) in [4.78, 5) is 12.9. The van der Waals surface area contributed by atoms with E-state index in [0.717, 1.165) is 34.7 Å². The molecule has 1 N–H and O–H groups in total. The van der Waals surface area contributed by atoms with E-state index in [4.69, 9.17) is 0 Å². The molecular formula is C13H14N4O. The molecule has 18 heavy (non-hydrogen) atoms. The molecule has 5 heteroatoms. The zero-order valence-corrected chi connectivity index (χ0v) is 10.3. The summed E-state index contributed by atoms with van der Waals surface area (Å²) in [5, 5.41) is 7.57. The highest BCUT2D eigenvalue weighted by atomic mass is 16.1. The Labute approximate surface area is 105 Å². The summed E-state index contributed by atoms with van der Waals surface area (Å²) >= 11 is 0. The first-order valence-electron chi connectivity index (χ1n) is 5.79. The Bertz CT molecular complexity index is 617. The van der Waals surface area contributed by atoms with E-state index < -0.39 is 0 Å². The summed E-state index contributed by atoms with van der Waals surface area (Å²) in [6, 6.07) is 6.00. The van der Waals surface area contributed by atoms with Gasteiger partial charge in [0.2, 0.25) is 6.41 Å². The fourth-order valence-corrected chi connectivity index (χ4v) is 2.25. The van der Waals surface area contributed by atoms with Gasteiger partial charge in [0, 0.05) is 12.6 Å². The van der Waals surface area contributed by atoms with Crippen LogP contribution in [0.4, 0.5) is 17.2 Å². The summed E-state index contributed by atoms with van der Waals surface area (Å²) in [6.07, 6.45) is 2.65. The third kappa shape index (κ3) is 1.55. The van der Waals surface area contributed by atoms with Crippen LogP contribution in [0.1, 0.15) is 11.1 Å². The fourth-order valence-electron chi connectivity index (χ4n) is 2.25. The highest BCUT2D eigenvalue weighted by molar-refractivity contribution is 5.87. The van der Waals surface area contributed by atoms with Crippen LogP contribution in [0, 0.1) is 6.92 Å². The van der Waals surface area contributed by atoms with Gasteiger partial charge < -0.3 is 10.2 Å². The molecule has 0 spiro atoms. The van der Waals surface area contributed by atoms with Crippen LogP contribution in [0.2, 0.25) is 0 Å². The fraction of sp³-hybridized carbons (Fsp3) is 0.231. The van der Waals surface area contributed by atoms with E-state index in [1.165, 1.54) is 0 Å². The zero-order chi connectivity index (χ0) is 12.7.